The molecule has 4 rings (SSSR count). The van der Waals surface area contributed by atoms with Crippen LogP contribution in [0.1, 0.15) is 11.4 Å². The zero-order chi connectivity index (χ0) is 17.4. The Morgan fingerprint density at radius 2 is 1.88 bits per heavy atom. The van der Waals surface area contributed by atoms with Crippen LogP contribution in [0.15, 0.2) is 59.4 Å². The van der Waals surface area contributed by atoms with Crippen molar-refractivity contribution < 1.29 is 10.2 Å². The van der Waals surface area contributed by atoms with Gasteiger partial charge < -0.3 is 15.2 Å². The highest BCUT2D eigenvalue weighted by atomic mass is 16.3. The molecular weight excluding hydrogens is 318 g/mol. The molecule has 0 saturated heterocycles. The summed E-state index contributed by atoms with van der Waals surface area (Å²) >= 11 is 0. The van der Waals surface area contributed by atoms with E-state index in [0.717, 1.165) is 16.6 Å². The molecule has 1 aliphatic rings. The number of H-pyrrole nitrogens is 1. The molecule has 1 aliphatic heterocycles. The molecule has 3 aromatic rings. The van der Waals surface area contributed by atoms with E-state index in [0.29, 0.717) is 11.4 Å². The lowest BCUT2D eigenvalue weighted by Crippen LogP contribution is -2.20. The van der Waals surface area contributed by atoms with E-state index in [1.165, 1.54) is 5.01 Å². The SMILES string of the molecule is N=C1C(c2nc3ccccc3[nH]2)=C(O)CN1N=Cc1ccc(O)cc1. The summed E-state index contributed by atoms with van der Waals surface area (Å²) in [4.78, 5) is 7.56. The maximum Gasteiger partial charge on any atom is 0.156 e. The van der Waals surface area contributed by atoms with Gasteiger partial charge in [0, 0.05) is 0 Å². The van der Waals surface area contributed by atoms with E-state index in [-0.39, 0.29) is 23.9 Å². The number of aliphatic hydroxyl groups is 1. The molecule has 0 spiro atoms. The number of hydrogen-bond acceptors (Lipinski definition) is 5. The number of imidazole rings is 1. The fraction of sp³-hybridized carbons (Fsp3) is 0.0556. The van der Waals surface area contributed by atoms with Crippen molar-refractivity contribution in [3.05, 3.63) is 65.7 Å². The van der Waals surface area contributed by atoms with Gasteiger partial charge in [-0.3, -0.25) is 5.41 Å². The standard InChI is InChI=1S/C18H15N5O2/c19-17-16(18-21-13-3-1-2-4-14(13)22-18)15(25)10-23(17)20-9-11-5-7-12(24)8-6-11/h1-9,19,24-25H,10H2,(H,21,22). The molecule has 1 aromatic heterocycles. The average molecular weight is 333 g/mol. The Balaban J connectivity index is 1.59. The molecule has 7 nitrogen and oxygen atoms in total. The summed E-state index contributed by atoms with van der Waals surface area (Å²) in [5, 5.41) is 33.5. The monoisotopic (exact) mass is 333 g/mol. The molecule has 0 radical (unpaired) electrons. The van der Waals surface area contributed by atoms with Crippen LogP contribution in [0, 0.1) is 5.41 Å². The fourth-order valence-corrected chi connectivity index (χ4v) is 2.68. The predicted octanol–water partition coefficient (Wildman–Crippen LogP) is 2.86. The maximum atomic E-state index is 10.3. The van der Waals surface area contributed by atoms with Crippen LogP contribution in [-0.2, 0) is 0 Å². The number of aromatic amines is 1. The van der Waals surface area contributed by atoms with Crippen molar-refractivity contribution in [2.75, 3.05) is 6.54 Å². The van der Waals surface area contributed by atoms with E-state index in [9.17, 15) is 10.2 Å². The van der Waals surface area contributed by atoms with Crippen LogP contribution < -0.4 is 0 Å². The summed E-state index contributed by atoms with van der Waals surface area (Å²) in [6, 6.07) is 14.1. The largest absolute Gasteiger partial charge is 0.509 e. The molecule has 0 fully saturated rings. The number of nitrogens with zero attached hydrogens (tertiary/aromatic N) is 3. The first-order valence-corrected chi connectivity index (χ1v) is 7.68. The van der Waals surface area contributed by atoms with Gasteiger partial charge in [0.2, 0.25) is 0 Å². The molecule has 25 heavy (non-hydrogen) atoms. The molecular formula is C18H15N5O2. The van der Waals surface area contributed by atoms with Gasteiger partial charge in [0.05, 0.1) is 17.2 Å². The van der Waals surface area contributed by atoms with E-state index in [4.69, 9.17) is 5.41 Å². The van der Waals surface area contributed by atoms with Crippen LogP contribution in [0.3, 0.4) is 0 Å². The first kappa shape index (κ1) is 14.9. The Labute approximate surface area is 143 Å². The van der Waals surface area contributed by atoms with Crippen LogP contribution in [0.25, 0.3) is 16.6 Å². The third kappa shape index (κ3) is 2.72. The number of benzene rings is 2. The Morgan fingerprint density at radius 1 is 1.12 bits per heavy atom. The minimum atomic E-state index is 0.0481. The lowest BCUT2D eigenvalue weighted by Gasteiger charge is -2.11. The third-order valence-electron chi connectivity index (χ3n) is 3.95. The number of para-hydroxylation sites is 2. The lowest BCUT2D eigenvalue weighted by atomic mass is 10.2. The van der Waals surface area contributed by atoms with Crippen molar-refractivity contribution in [1.29, 1.82) is 5.41 Å². The minimum Gasteiger partial charge on any atom is -0.509 e. The third-order valence-corrected chi connectivity index (χ3v) is 3.95. The number of aromatic nitrogens is 2. The average Bonchev–Trinajstić information content (AvgIpc) is 3.14. The highest BCUT2D eigenvalue weighted by molar-refractivity contribution is 6.23. The van der Waals surface area contributed by atoms with Crippen LogP contribution in [0.4, 0.5) is 0 Å². The molecule has 0 atom stereocenters. The molecule has 124 valence electrons. The fourth-order valence-electron chi connectivity index (χ4n) is 2.68. The van der Waals surface area contributed by atoms with Gasteiger partial charge in [0.1, 0.15) is 29.5 Å². The van der Waals surface area contributed by atoms with E-state index in [1.54, 1.807) is 30.5 Å². The van der Waals surface area contributed by atoms with Gasteiger partial charge >= 0.3 is 0 Å². The van der Waals surface area contributed by atoms with Crippen LogP contribution in [0.2, 0.25) is 0 Å². The van der Waals surface area contributed by atoms with Gasteiger partial charge in [0.15, 0.2) is 5.84 Å². The second kappa shape index (κ2) is 5.79. The first-order chi connectivity index (χ1) is 12.1. The number of amidine groups is 1. The number of nitrogens with one attached hydrogen (secondary N) is 2. The summed E-state index contributed by atoms with van der Waals surface area (Å²) in [5.41, 5.74) is 2.75. The number of aliphatic hydroxyl groups excluding tert-OH is 1. The summed E-state index contributed by atoms with van der Waals surface area (Å²) in [6.45, 7) is 0.111. The summed E-state index contributed by atoms with van der Waals surface area (Å²) in [7, 11) is 0. The van der Waals surface area contributed by atoms with Crippen molar-refractivity contribution in [3.63, 3.8) is 0 Å². The van der Waals surface area contributed by atoms with E-state index in [1.807, 2.05) is 24.3 Å². The Bertz CT molecular complexity index is 984. The topological polar surface area (TPSA) is 109 Å². The quantitative estimate of drug-likeness (QED) is 0.553. The Hall–Kier alpha value is -3.61. The highest BCUT2D eigenvalue weighted by Gasteiger charge is 2.30. The van der Waals surface area contributed by atoms with Gasteiger partial charge in [-0.05, 0) is 42.0 Å². The molecule has 2 heterocycles. The van der Waals surface area contributed by atoms with Gasteiger partial charge in [-0.2, -0.15) is 5.10 Å². The van der Waals surface area contributed by atoms with Crippen molar-refractivity contribution in [2.45, 2.75) is 0 Å². The van der Waals surface area contributed by atoms with Crippen molar-refractivity contribution >= 4 is 28.7 Å². The zero-order valence-corrected chi connectivity index (χ0v) is 13.1. The smallest absolute Gasteiger partial charge is 0.156 e. The molecule has 4 N–H and O–H groups in total. The number of aromatic hydroxyl groups is 1. The minimum absolute atomic E-state index is 0.0481. The Morgan fingerprint density at radius 3 is 2.64 bits per heavy atom. The number of fused-ring (bicyclic) bond motifs is 1. The molecule has 0 bridgehead atoms. The van der Waals surface area contributed by atoms with Crippen LogP contribution >= 0.6 is 0 Å². The first-order valence-electron chi connectivity index (χ1n) is 7.68. The molecule has 7 heteroatoms. The van der Waals surface area contributed by atoms with Gasteiger partial charge in [0.25, 0.3) is 0 Å². The molecule has 0 saturated carbocycles. The van der Waals surface area contributed by atoms with Gasteiger partial charge in [-0.15, -0.1) is 0 Å². The highest BCUT2D eigenvalue weighted by Crippen LogP contribution is 2.27. The number of phenolic OH excluding ortho intramolecular Hbond substituents is 1. The van der Waals surface area contributed by atoms with E-state index < -0.39 is 0 Å². The molecule has 2 aromatic carbocycles. The lowest BCUT2D eigenvalue weighted by molar-refractivity contribution is 0.358. The Kier molecular flexibility index (Phi) is 3.46. The second-order valence-electron chi connectivity index (χ2n) is 5.67. The number of phenols is 1. The summed E-state index contributed by atoms with van der Waals surface area (Å²) in [6.07, 6.45) is 1.57. The van der Waals surface area contributed by atoms with Crippen LogP contribution in [0.5, 0.6) is 5.75 Å². The zero-order valence-electron chi connectivity index (χ0n) is 13.1. The predicted molar refractivity (Wildman–Crippen MR) is 95.8 cm³/mol. The summed E-state index contributed by atoms with van der Waals surface area (Å²) in [5.74, 6) is 0.752. The van der Waals surface area contributed by atoms with E-state index in [2.05, 4.69) is 15.1 Å². The van der Waals surface area contributed by atoms with Crippen molar-refractivity contribution in [1.82, 2.24) is 15.0 Å². The summed E-state index contributed by atoms with van der Waals surface area (Å²) < 4.78 is 0. The maximum absolute atomic E-state index is 10.3. The molecule has 0 aliphatic carbocycles. The van der Waals surface area contributed by atoms with Crippen molar-refractivity contribution in [3.8, 4) is 5.75 Å². The van der Waals surface area contributed by atoms with Crippen LogP contribution in [-0.4, -0.2) is 43.8 Å². The second-order valence-corrected chi connectivity index (χ2v) is 5.67. The van der Waals surface area contributed by atoms with Gasteiger partial charge in [-0.1, -0.05) is 12.1 Å². The van der Waals surface area contributed by atoms with E-state index >= 15 is 0 Å². The number of hydrazone groups is 1. The number of hydrogen-bond donors (Lipinski definition) is 4. The number of rotatable bonds is 3. The molecule has 0 unspecified atom stereocenters. The normalized spacial score (nSPS) is 15.0. The van der Waals surface area contributed by atoms with Gasteiger partial charge in [-0.25, -0.2) is 9.99 Å². The van der Waals surface area contributed by atoms with Crippen molar-refractivity contribution in [2.24, 2.45) is 5.10 Å². The molecule has 0 amide bonds.